The van der Waals surface area contributed by atoms with Crippen molar-refractivity contribution in [3.8, 4) is 0 Å². The minimum absolute atomic E-state index is 0.0143. The molecule has 4 nitrogen and oxygen atoms in total. The molecule has 2 aliphatic heterocycles. The van der Waals surface area contributed by atoms with Crippen LogP contribution in [0.2, 0.25) is 0 Å². The average molecular weight is 352 g/mol. The predicted octanol–water partition coefficient (Wildman–Crippen LogP) is 2.29. The zero-order chi connectivity index (χ0) is 14.7. The van der Waals surface area contributed by atoms with Crippen LogP contribution in [0.3, 0.4) is 0 Å². The van der Waals surface area contributed by atoms with Crippen LogP contribution < -0.4 is 15.5 Å². The van der Waals surface area contributed by atoms with Crippen molar-refractivity contribution in [1.29, 1.82) is 0 Å². The van der Waals surface area contributed by atoms with Crippen molar-refractivity contribution < 1.29 is 4.79 Å². The zero-order valence-electron chi connectivity index (χ0n) is 12.1. The highest BCUT2D eigenvalue weighted by Crippen LogP contribution is 2.22. The lowest BCUT2D eigenvalue weighted by Gasteiger charge is -2.24. The Labute approximate surface area is 134 Å². The molecule has 1 aromatic rings. The molecule has 0 spiro atoms. The van der Waals surface area contributed by atoms with Gasteiger partial charge in [-0.15, -0.1) is 0 Å². The van der Waals surface area contributed by atoms with Gasteiger partial charge in [-0.3, -0.25) is 4.79 Å². The lowest BCUT2D eigenvalue weighted by atomic mass is 10.0. The van der Waals surface area contributed by atoms with Gasteiger partial charge in [0.25, 0.3) is 0 Å². The number of benzene rings is 1. The van der Waals surface area contributed by atoms with Gasteiger partial charge in [0.2, 0.25) is 5.91 Å². The van der Waals surface area contributed by atoms with Gasteiger partial charge in [-0.05, 0) is 50.1 Å². The summed E-state index contributed by atoms with van der Waals surface area (Å²) < 4.78 is 1.10. The van der Waals surface area contributed by atoms with Crippen molar-refractivity contribution in [3.63, 3.8) is 0 Å². The molecule has 5 heteroatoms. The Balaban J connectivity index is 1.52. The molecule has 0 aliphatic carbocycles. The highest BCUT2D eigenvalue weighted by atomic mass is 79.9. The van der Waals surface area contributed by atoms with Gasteiger partial charge in [-0.2, -0.15) is 0 Å². The van der Waals surface area contributed by atoms with Crippen molar-refractivity contribution in [1.82, 2.24) is 10.6 Å². The maximum atomic E-state index is 12.2. The second-order valence-electron chi connectivity index (χ2n) is 5.92. The number of nitrogens with one attached hydrogen (secondary N) is 2. The van der Waals surface area contributed by atoms with Crippen LogP contribution in [0.1, 0.15) is 25.7 Å². The molecule has 114 valence electrons. The Hall–Kier alpha value is -1.07. The van der Waals surface area contributed by atoms with E-state index in [1.807, 2.05) is 0 Å². The Kier molecular flexibility index (Phi) is 4.80. The Bertz CT molecular complexity index is 485. The van der Waals surface area contributed by atoms with E-state index in [2.05, 4.69) is 55.7 Å². The van der Waals surface area contributed by atoms with Crippen LogP contribution in [0, 0.1) is 0 Å². The van der Waals surface area contributed by atoms with E-state index < -0.39 is 0 Å². The zero-order valence-corrected chi connectivity index (χ0v) is 13.7. The van der Waals surface area contributed by atoms with Crippen LogP contribution in [0.4, 0.5) is 5.69 Å². The number of carbonyl (C=O) groups is 1. The maximum Gasteiger partial charge on any atom is 0.237 e. The first kappa shape index (κ1) is 14.9. The smallest absolute Gasteiger partial charge is 0.237 e. The molecule has 2 saturated heterocycles. The number of rotatable bonds is 3. The number of carbonyl (C=O) groups excluding carboxylic acids is 1. The van der Waals surface area contributed by atoms with E-state index in [1.54, 1.807) is 0 Å². The first-order valence-electron chi connectivity index (χ1n) is 7.76. The van der Waals surface area contributed by atoms with E-state index >= 15 is 0 Å². The van der Waals surface area contributed by atoms with Crippen molar-refractivity contribution in [2.24, 2.45) is 0 Å². The van der Waals surface area contributed by atoms with E-state index in [0.29, 0.717) is 0 Å². The number of halogens is 1. The lowest BCUT2D eigenvalue weighted by molar-refractivity contribution is -0.124. The number of hydrogen-bond donors (Lipinski definition) is 2. The molecule has 1 aromatic carbocycles. The molecule has 21 heavy (non-hydrogen) atoms. The first-order valence-corrected chi connectivity index (χ1v) is 8.56. The SMILES string of the molecule is O=C(NC1CCN(c2ccc(Br)cc2)C1)[C@H]1CCCCN1. The largest absolute Gasteiger partial charge is 0.369 e. The molecule has 2 fully saturated rings. The van der Waals surface area contributed by atoms with Crippen molar-refractivity contribution in [2.45, 2.75) is 37.8 Å². The number of hydrogen-bond acceptors (Lipinski definition) is 3. The fourth-order valence-electron chi connectivity index (χ4n) is 3.14. The summed E-state index contributed by atoms with van der Waals surface area (Å²) in [6.07, 6.45) is 4.33. The third-order valence-corrected chi connectivity index (χ3v) is 4.88. The van der Waals surface area contributed by atoms with Gasteiger partial charge < -0.3 is 15.5 Å². The normalized spacial score (nSPS) is 25.9. The van der Waals surface area contributed by atoms with Crippen molar-refractivity contribution in [3.05, 3.63) is 28.7 Å². The highest BCUT2D eigenvalue weighted by Gasteiger charge is 2.27. The molecule has 1 amide bonds. The topological polar surface area (TPSA) is 44.4 Å². The summed E-state index contributed by atoms with van der Waals surface area (Å²) in [4.78, 5) is 14.6. The summed E-state index contributed by atoms with van der Waals surface area (Å²) >= 11 is 3.46. The number of anilines is 1. The molecule has 2 N–H and O–H groups in total. The van der Waals surface area contributed by atoms with Gasteiger partial charge >= 0.3 is 0 Å². The molecule has 0 saturated carbocycles. The number of amides is 1. The summed E-state index contributed by atoms with van der Waals surface area (Å²) in [7, 11) is 0. The molecule has 2 aliphatic rings. The summed E-state index contributed by atoms with van der Waals surface area (Å²) in [5.74, 6) is 0.178. The van der Waals surface area contributed by atoms with E-state index in [1.165, 1.54) is 12.1 Å². The molecule has 2 heterocycles. The van der Waals surface area contributed by atoms with Gasteiger partial charge in [0.1, 0.15) is 0 Å². The van der Waals surface area contributed by atoms with Crippen molar-refractivity contribution >= 4 is 27.5 Å². The van der Waals surface area contributed by atoms with Crippen LogP contribution in [0.15, 0.2) is 28.7 Å². The molecule has 0 radical (unpaired) electrons. The van der Waals surface area contributed by atoms with Crippen LogP contribution in [-0.4, -0.2) is 37.6 Å². The summed E-state index contributed by atoms with van der Waals surface area (Å²) in [6.45, 7) is 2.87. The minimum atomic E-state index is 0.0143. The van der Waals surface area contributed by atoms with E-state index in [4.69, 9.17) is 0 Å². The van der Waals surface area contributed by atoms with Gasteiger partial charge in [0, 0.05) is 29.3 Å². The third kappa shape index (κ3) is 3.77. The van der Waals surface area contributed by atoms with Gasteiger partial charge in [-0.25, -0.2) is 0 Å². The molecule has 2 atom stereocenters. The molecule has 0 aromatic heterocycles. The molecular formula is C16H22BrN3O. The first-order chi connectivity index (χ1) is 10.2. The lowest BCUT2D eigenvalue weighted by Crippen LogP contribution is -2.50. The molecule has 3 rings (SSSR count). The monoisotopic (exact) mass is 351 g/mol. The third-order valence-electron chi connectivity index (χ3n) is 4.35. The van der Waals surface area contributed by atoms with Crippen LogP contribution in [0.25, 0.3) is 0 Å². The fourth-order valence-corrected chi connectivity index (χ4v) is 3.41. The average Bonchev–Trinajstić information content (AvgIpc) is 2.97. The molecule has 1 unspecified atom stereocenters. The van der Waals surface area contributed by atoms with Gasteiger partial charge in [0.05, 0.1) is 6.04 Å². The number of nitrogens with zero attached hydrogens (tertiary/aromatic N) is 1. The van der Waals surface area contributed by atoms with E-state index in [0.717, 1.165) is 43.4 Å². The Morgan fingerprint density at radius 3 is 2.76 bits per heavy atom. The summed E-state index contributed by atoms with van der Waals surface area (Å²) in [6, 6.07) is 8.65. The summed E-state index contributed by atoms with van der Waals surface area (Å²) in [5.41, 5.74) is 1.23. The van der Waals surface area contributed by atoms with Crippen molar-refractivity contribution in [2.75, 3.05) is 24.5 Å². The molecular weight excluding hydrogens is 330 g/mol. The van der Waals surface area contributed by atoms with Crippen LogP contribution >= 0.6 is 15.9 Å². The second kappa shape index (κ2) is 6.79. The minimum Gasteiger partial charge on any atom is -0.369 e. The Morgan fingerprint density at radius 1 is 1.24 bits per heavy atom. The van der Waals surface area contributed by atoms with Crippen LogP contribution in [0.5, 0.6) is 0 Å². The quantitative estimate of drug-likeness (QED) is 0.877. The van der Waals surface area contributed by atoms with E-state index in [9.17, 15) is 4.79 Å². The molecule has 0 bridgehead atoms. The van der Waals surface area contributed by atoms with Gasteiger partial charge in [-0.1, -0.05) is 22.4 Å². The standard InChI is InChI=1S/C16H22BrN3O/c17-12-4-6-14(7-5-12)20-10-8-13(11-20)19-16(21)15-3-1-2-9-18-15/h4-7,13,15,18H,1-3,8-11H2,(H,19,21)/t13?,15-/m1/s1. The van der Waals surface area contributed by atoms with Crippen LogP contribution in [-0.2, 0) is 4.79 Å². The predicted molar refractivity (Wildman–Crippen MR) is 88.5 cm³/mol. The number of piperidine rings is 1. The Morgan fingerprint density at radius 2 is 2.05 bits per heavy atom. The summed E-state index contributed by atoms with van der Waals surface area (Å²) in [5, 5.41) is 6.52. The maximum absolute atomic E-state index is 12.2. The second-order valence-corrected chi connectivity index (χ2v) is 6.83. The van der Waals surface area contributed by atoms with Gasteiger partial charge in [0.15, 0.2) is 0 Å². The van der Waals surface area contributed by atoms with E-state index in [-0.39, 0.29) is 18.0 Å². The fraction of sp³-hybridized carbons (Fsp3) is 0.562. The highest BCUT2D eigenvalue weighted by molar-refractivity contribution is 9.10.